The molecule has 0 unspecified atom stereocenters. The molecule has 14 nitrogen and oxygen atoms in total. The highest BCUT2D eigenvalue weighted by atomic mass is 19.3. The maximum absolute atomic E-state index is 13.7. The van der Waals surface area contributed by atoms with Gasteiger partial charge in [-0.3, -0.25) is 24.4 Å². The second kappa shape index (κ2) is 20.0. The smallest absolute Gasteiger partial charge is 0.286 e. The largest absolute Gasteiger partial charge is 0.473 e. The van der Waals surface area contributed by atoms with Gasteiger partial charge < -0.3 is 40.0 Å². The maximum Gasteiger partial charge on any atom is 0.286 e. The summed E-state index contributed by atoms with van der Waals surface area (Å²) < 4.78 is 70.8. The van der Waals surface area contributed by atoms with E-state index in [1.54, 1.807) is 42.6 Å². The van der Waals surface area contributed by atoms with E-state index in [-0.39, 0.29) is 43.1 Å². The number of carbonyl (C=O) groups is 2. The van der Waals surface area contributed by atoms with Crippen LogP contribution in [0, 0.1) is 13.8 Å². The fourth-order valence-electron chi connectivity index (χ4n) is 7.71. The molecule has 0 atom stereocenters. The van der Waals surface area contributed by atoms with Gasteiger partial charge in [-0.2, -0.15) is 17.6 Å². The summed E-state index contributed by atoms with van der Waals surface area (Å²) in [7, 11) is 0. The number of anilines is 2. The van der Waals surface area contributed by atoms with Crippen LogP contribution in [0.15, 0.2) is 133 Å². The first kappa shape index (κ1) is 49.8. The molecule has 9 rings (SSSR count). The first-order valence-corrected chi connectivity index (χ1v) is 22.2. The number of halogens is 4. The van der Waals surface area contributed by atoms with E-state index >= 15 is 0 Å². The molecule has 6 heterocycles. The molecule has 2 aliphatic rings. The van der Waals surface area contributed by atoms with Crippen LogP contribution in [0.4, 0.5) is 28.9 Å². The van der Waals surface area contributed by atoms with E-state index in [2.05, 4.69) is 30.6 Å². The number of hydrogen-bond acceptors (Lipinski definition) is 11. The molecule has 0 saturated carbocycles. The zero-order valence-electron chi connectivity index (χ0n) is 38.9. The summed E-state index contributed by atoms with van der Waals surface area (Å²) in [6.07, 6.45) is 5.53. The van der Waals surface area contributed by atoms with Crippen LogP contribution in [0.2, 0.25) is 0 Å². The minimum Gasteiger partial charge on any atom is -0.473 e. The van der Waals surface area contributed by atoms with Crippen LogP contribution >= 0.6 is 0 Å². The monoisotopic (exact) mass is 972 g/mol. The summed E-state index contributed by atoms with van der Waals surface area (Å²) in [6, 6.07) is 28.5. The van der Waals surface area contributed by atoms with Crippen molar-refractivity contribution < 1.29 is 51.6 Å². The normalized spacial score (nSPS) is 14.7. The number of rotatable bonds is 13. The number of aromatic nitrogens is 4. The van der Waals surface area contributed by atoms with Crippen LogP contribution in [0.5, 0.6) is 5.88 Å². The summed E-state index contributed by atoms with van der Waals surface area (Å²) in [5.41, 5.74) is 3.42. The SMILES string of the molecule is Cc1ccc(NC(=O)c2ccnc(C(C)(F)F)c2)cc1-c1c[nH]c(=O)c(C2(O)COC2)c1.Cc1ccc(NC(=O)c2ccnc(C(C)(F)F)c2)cc1-c1cnc(OCc2ccccc2)c(C2(O)COC2)c1. The topological polar surface area (TPSA) is 198 Å². The van der Waals surface area contributed by atoms with Gasteiger partial charge in [0, 0.05) is 66.7 Å². The second-order valence-corrected chi connectivity index (χ2v) is 17.6. The third-order valence-corrected chi connectivity index (χ3v) is 11.9. The van der Waals surface area contributed by atoms with Crippen molar-refractivity contribution in [1.82, 2.24) is 19.9 Å². The molecule has 0 radical (unpaired) electrons. The number of nitrogens with zero attached hydrogens (tertiary/aromatic N) is 3. The molecule has 2 fully saturated rings. The fraction of sp³-hybridized carbons (Fsp3) is 0.245. The minimum absolute atomic E-state index is 0.0410. The molecule has 2 saturated heterocycles. The van der Waals surface area contributed by atoms with Crippen LogP contribution < -0.4 is 20.9 Å². The van der Waals surface area contributed by atoms with Crippen LogP contribution in [0.1, 0.15) is 73.8 Å². The average molecular weight is 973 g/mol. The number of alkyl halides is 4. The van der Waals surface area contributed by atoms with Crippen molar-refractivity contribution in [2.24, 2.45) is 0 Å². The zero-order chi connectivity index (χ0) is 50.7. The Morgan fingerprint density at radius 3 is 1.66 bits per heavy atom. The van der Waals surface area contributed by atoms with Gasteiger partial charge in [-0.25, -0.2) is 4.98 Å². The number of hydrogen-bond donors (Lipinski definition) is 5. The fourth-order valence-corrected chi connectivity index (χ4v) is 7.71. The van der Waals surface area contributed by atoms with Crippen molar-refractivity contribution in [2.75, 3.05) is 37.1 Å². The molecule has 71 heavy (non-hydrogen) atoms. The molecule has 5 N–H and O–H groups in total. The van der Waals surface area contributed by atoms with Gasteiger partial charge in [0.15, 0.2) is 0 Å². The summed E-state index contributed by atoms with van der Waals surface area (Å²) in [4.78, 5) is 52.1. The van der Waals surface area contributed by atoms with Crippen LogP contribution in [0.25, 0.3) is 22.3 Å². The lowest BCUT2D eigenvalue weighted by Crippen LogP contribution is -2.49. The standard InChI is InChI=1S/C30H27F2N3O4.C23H21F2N3O4/c1-19-8-9-23(35-27(36)21-10-11-33-26(13-21)29(2,31)32)14-24(19)22-12-25(30(37)17-38-18-30)28(34-15-22)39-16-20-6-4-3-5-7-20;1-13-3-4-16(28-20(29)14-5-6-26-19(8-14)22(2,24)25)9-17(13)15-7-18(21(30)27-10-15)23(31)11-32-12-23/h3-15,37H,16-18H2,1-2H3,(H,35,36);3-10,31H,11-12H2,1-2H3,(H,27,30)(H,28,29). The molecular formula is C53H48F4N6O8. The highest BCUT2D eigenvalue weighted by Gasteiger charge is 2.42. The summed E-state index contributed by atoms with van der Waals surface area (Å²) in [5, 5.41) is 27.1. The van der Waals surface area contributed by atoms with Gasteiger partial charge in [0.2, 0.25) is 5.88 Å². The van der Waals surface area contributed by atoms with Crippen molar-refractivity contribution in [3.63, 3.8) is 0 Å². The van der Waals surface area contributed by atoms with Gasteiger partial charge in [0.05, 0.1) is 37.6 Å². The second-order valence-electron chi connectivity index (χ2n) is 17.6. The lowest BCUT2D eigenvalue weighted by Gasteiger charge is -2.37. The molecule has 0 bridgehead atoms. The Labute approximate surface area is 404 Å². The number of ether oxygens (including phenoxy) is 3. The van der Waals surface area contributed by atoms with Crippen LogP contribution in [-0.4, -0.2) is 68.4 Å². The van der Waals surface area contributed by atoms with Crippen LogP contribution in [-0.2, 0) is 39.1 Å². The number of benzene rings is 3. The van der Waals surface area contributed by atoms with E-state index in [1.807, 2.05) is 56.3 Å². The Balaban J connectivity index is 0.000000194. The highest BCUT2D eigenvalue weighted by Crippen LogP contribution is 2.39. The van der Waals surface area contributed by atoms with Gasteiger partial charge in [0.1, 0.15) is 29.2 Å². The lowest BCUT2D eigenvalue weighted by atomic mass is 9.90. The highest BCUT2D eigenvalue weighted by molar-refractivity contribution is 6.05. The molecule has 0 aliphatic carbocycles. The average Bonchev–Trinajstić information content (AvgIpc) is 3.33. The molecule has 0 spiro atoms. The van der Waals surface area contributed by atoms with E-state index in [4.69, 9.17) is 14.2 Å². The molecule has 2 aliphatic heterocycles. The number of aryl methyl sites for hydroxylation is 2. The Morgan fingerprint density at radius 1 is 0.676 bits per heavy atom. The molecule has 4 aromatic heterocycles. The van der Waals surface area contributed by atoms with E-state index in [1.165, 1.54) is 30.7 Å². The van der Waals surface area contributed by atoms with E-state index < -0.39 is 51.8 Å². The molecule has 2 amide bonds. The van der Waals surface area contributed by atoms with Crippen molar-refractivity contribution in [2.45, 2.75) is 57.3 Å². The summed E-state index contributed by atoms with van der Waals surface area (Å²) in [6.45, 7) is 5.85. The Bertz CT molecular complexity index is 3170. The summed E-state index contributed by atoms with van der Waals surface area (Å²) >= 11 is 0. The Hall–Kier alpha value is -7.64. The molecule has 7 aromatic rings. The number of H-pyrrole nitrogens is 1. The van der Waals surface area contributed by atoms with Crippen LogP contribution in [0.3, 0.4) is 0 Å². The van der Waals surface area contributed by atoms with E-state index in [0.29, 0.717) is 47.5 Å². The van der Waals surface area contributed by atoms with Gasteiger partial charge in [0.25, 0.3) is 29.2 Å². The number of carbonyl (C=O) groups excluding carboxylic acids is 2. The predicted molar refractivity (Wildman–Crippen MR) is 255 cm³/mol. The number of nitrogens with one attached hydrogen (secondary N) is 3. The zero-order valence-corrected chi connectivity index (χ0v) is 38.9. The third kappa shape index (κ3) is 11.4. The first-order chi connectivity index (χ1) is 33.7. The lowest BCUT2D eigenvalue weighted by molar-refractivity contribution is -0.185. The molecule has 3 aromatic carbocycles. The first-order valence-electron chi connectivity index (χ1n) is 22.2. The quantitative estimate of drug-likeness (QED) is 0.0692. The van der Waals surface area contributed by atoms with Crippen molar-refractivity contribution >= 4 is 23.2 Å². The third-order valence-electron chi connectivity index (χ3n) is 11.9. The number of aliphatic hydroxyl groups is 2. The Morgan fingerprint density at radius 2 is 1.17 bits per heavy atom. The predicted octanol–water partition coefficient (Wildman–Crippen LogP) is 8.94. The van der Waals surface area contributed by atoms with Gasteiger partial charge in [-0.15, -0.1) is 0 Å². The van der Waals surface area contributed by atoms with E-state index in [0.717, 1.165) is 46.9 Å². The van der Waals surface area contributed by atoms with Crippen molar-refractivity contribution in [3.8, 4) is 28.1 Å². The van der Waals surface area contributed by atoms with Crippen molar-refractivity contribution in [3.05, 3.63) is 189 Å². The van der Waals surface area contributed by atoms with Crippen molar-refractivity contribution in [1.29, 1.82) is 0 Å². The minimum atomic E-state index is -3.16. The number of aromatic amines is 1. The van der Waals surface area contributed by atoms with E-state index in [9.17, 15) is 42.2 Å². The molecule has 18 heteroatoms. The molecular weight excluding hydrogens is 925 g/mol. The van der Waals surface area contributed by atoms with Gasteiger partial charge in [-0.05, 0) is 108 Å². The molecule has 366 valence electrons. The number of pyridine rings is 4. The van der Waals surface area contributed by atoms with Gasteiger partial charge in [-0.1, -0.05) is 42.5 Å². The summed E-state index contributed by atoms with van der Waals surface area (Å²) in [5.74, 6) is -7.11. The maximum atomic E-state index is 13.7. The Kier molecular flexibility index (Phi) is 14.0. The number of amides is 2. The van der Waals surface area contributed by atoms with Gasteiger partial charge >= 0.3 is 0 Å².